The Labute approximate surface area is 116 Å². The van der Waals surface area contributed by atoms with Gasteiger partial charge in [-0.1, -0.05) is 13.3 Å². The molecule has 0 aliphatic carbocycles. The van der Waals surface area contributed by atoms with Gasteiger partial charge in [-0.3, -0.25) is 0 Å². The van der Waals surface area contributed by atoms with Gasteiger partial charge in [-0.05, 0) is 34.1 Å². The average molecular weight is 290 g/mol. The van der Waals surface area contributed by atoms with Gasteiger partial charge in [0.1, 0.15) is 0 Å². The van der Waals surface area contributed by atoms with Crippen molar-refractivity contribution in [3.05, 3.63) is 10.8 Å². The van der Waals surface area contributed by atoms with Crippen LogP contribution in [0.15, 0.2) is 10.8 Å². The van der Waals surface area contributed by atoms with Gasteiger partial charge in [-0.2, -0.15) is 0 Å². The maximum Gasteiger partial charge on any atom is 0.533 e. The van der Waals surface area contributed by atoms with Crippen LogP contribution < -0.4 is 0 Å². The summed E-state index contributed by atoms with van der Waals surface area (Å²) in [4.78, 5) is 11.3. The Morgan fingerprint density at radius 1 is 1.00 bits per heavy atom. The van der Waals surface area contributed by atoms with E-state index in [-0.39, 0.29) is 5.57 Å². The normalized spacial score (nSPS) is 13.3. The lowest BCUT2D eigenvalue weighted by atomic mass is 10.2. The highest BCUT2D eigenvalue weighted by Gasteiger charge is 2.46. The van der Waals surface area contributed by atoms with E-state index in [4.69, 9.17) is 13.3 Å². The number of carboxylic acids is 1. The second kappa shape index (κ2) is 9.25. The lowest BCUT2D eigenvalue weighted by Crippen LogP contribution is -2.49. The van der Waals surface area contributed by atoms with Crippen LogP contribution >= 0.6 is 0 Å². The molecule has 0 aromatic rings. The van der Waals surface area contributed by atoms with Gasteiger partial charge in [0.2, 0.25) is 0 Å². The summed E-state index contributed by atoms with van der Waals surface area (Å²) < 4.78 is 17.3. The molecule has 5 nitrogen and oxygen atoms in total. The van der Waals surface area contributed by atoms with Crippen molar-refractivity contribution in [2.45, 2.75) is 47.5 Å². The lowest BCUT2D eigenvalue weighted by molar-refractivity contribution is -0.132. The molecular weight excluding hydrogens is 264 g/mol. The maximum absolute atomic E-state index is 11.3. The molecule has 0 saturated heterocycles. The Morgan fingerprint density at radius 2 is 1.42 bits per heavy atom. The molecule has 0 aliphatic heterocycles. The first kappa shape index (κ1) is 18.3. The van der Waals surface area contributed by atoms with Gasteiger partial charge in [-0.15, -0.1) is 0 Å². The summed E-state index contributed by atoms with van der Waals surface area (Å²) in [6.07, 6.45) is 1.44. The summed E-state index contributed by atoms with van der Waals surface area (Å²) in [7, 11) is -3.07. The van der Waals surface area contributed by atoms with Crippen molar-refractivity contribution in [2.75, 3.05) is 19.8 Å². The van der Waals surface area contributed by atoms with E-state index >= 15 is 0 Å². The zero-order chi connectivity index (χ0) is 14.9. The molecule has 0 unspecified atom stereocenters. The zero-order valence-electron chi connectivity index (χ0n) is 12.6. The van der Waals surface area contributed by atoms with E-state index < -0.39 is 14.8 Å². The molecule has 0 rings (SSSR count). The standard InChI is InChI=1S/C13H26O5Si/c1-6-10-12(11(5)13(14)15)19(16-7-2,17-8-3)18-9-4/h6-10H2,1-5H3,(H,14,15)/b12-11+. The molecule has 19 heavy (non-hydrogen) atoms. The number of carboxylic acid groups (broad SMARTS) is 1. The molecule has 1 N–H and O–H groups in total. The van der Waals surface area contributed by atoms with Gasteiger partial charge < -0.3 is 18.4 Å². The Morgan fingerprint density at radius 3 is 1.68 bits per heavy atom. The molecule has 0 heterocycles. The number of allylic oxidation sites excluding steroid dienone is 1. The molecule has 0 aromatic heterocycles. The molecule has 6 heteroatoms. The van der Waals surface area contributed by atoms with E-state index in [1.807, 2.05) is 27.7 Å². The van der Waals surface area contributed by atoms with Crippen LogP contribution in [0, 0.1) is 0 Å². The summed E-state index contributed by atoms with van der Waals surface area (Å²) in [5.41, 5.74) is 0.281. The predicted molar refractivity (Wildman–Crippen MR) is 75.9 cm³/mol. The highest BCUT2D eigenvalue weighted by atomic mass is 28.4. The molecule has 0 aromatic carbocycles. The number of hydrogen-bond donors (Lipinski definition) is 1. The Bertz CT molecular complexity index is 297. The smallest absolute Gasteiger partial charge is 0.478 e. The van der Waals surface area contributed by atoms with Gasteiger partial charge in [-0.25, -0.2) is 4.79 Å². The molecule has 0 saturated carbocycles. The number of carbonyl (C=O) groups is 1. The van der Waals surface area contributed by atoms with Crippen molar-refractivity contribution in [3.63, 3.8) is 0 Å². The first-order chi connectivity index (χ1) is 8.98. The summed E-state index contributed by atoms with van der Waals surface area (Å²) in [5.74, 6) is -0.945. The minimum Gasteiger partial charge on any atom is -0.478 e. The fourth-order valence-electron chi connectivity index (χ4n) is 1.91. The number of aliphatic carboxylic acids is 1. The number of rotatable bonds is 10. The Kier molecular flexibility index (Phi) is 8.91. The second-order valence-electron chi connectivity index (χ2n) is 4.01. The molecule has 0 aliphatic rings. The number of hydrogen-bond acceptors (Lipinski definition) is 4. The molecule has 0 fully saturated rings. The van der Waals surface area contributed by atoms with E-state index in [1.54, 1.807) is 6.92 Å². The highest BCUT2D eigenvalue weighted by molar-refractivity contribution is 6.69. The van der Waals surface area contributed by atoms with Crippen LogP contribution in [0.2, 0.25) is 0 Å². The van der Waals surface area contributed by atoms with Gasteiger partial charge in [0.15, 0.2) is 0 Å². The van der Waals surface area contributed by atoms with Crippen molar-refractivity contribution >= 4 is 14.8 Å². The summed E-state index contributed by atoms with van der Waals surface area (Å²) in [6.45, 7) is 10.5. The van der Waals surface area contributed by atoms with Crippen LogP contribution in [0.25, 0.3) is 0 Å². The summed E-state index contributed by atoms with van der Waals surface area (Å²) >= 11 is 0. The molecule has 112 valence electrons. The fraction of sp³-hybridized carbons (Fsp3) is 0.769. The molecule has 0 amide bonds. The van der Waals surface area contributed by atoms with Crippen molar-refractivity contribution in [2.24, 2.45) is 0 Å². The van der Waals surface area contributed by atoms with E-state index in [0.717, 1.165) is 6.42 Å². The lowest BCUT2D eigenvalue weighted by Gasteiger charge is -2.31. The van der Waals surface area contributed by atoms with Crippen molar-refractivity contribution in [3.8, 4) is 0 Å². The SMILES string of the molecule is CCC/C(=C(/C)C(=O)O)[Si](OCC)(OCC)OCC. The predicted octanol–water partition coefficient (Wildman–Crippen LogP) is 2.78. The second-order valence-corrected chi connectivity index (χ2v) is 6.60. The Balaban J connectivity index is 5.69. The van der Waals surface area contributed by atoms with Gasteiger partial charge in [0.05, 0.1) is 0 Å². The third-order valence-corrected chi connectivity index (χ3v) is 6.02. The molecule has 0 radical (unpaired) electrons. The van der Waals surface area contributed by atoms with Crippen molar-refractivity contribution < 1.29 is 23.2 Å². The third-order valence-electron chi connectivity index (χ3n) is 2.65. The largest absolute Gasteiger partial charge is 0.533 e. The summed E-state index contributed by atoms with van der Waals surface area (Å²) in [6, 6.07) is 0. The van der Waals surface area contributed by atoms with E-state index in [9.17, 15) is 9.90 Å². The van der Waals surface area contributed by atoms with Crippen LogP contribution in [-0.2, 0) is 18.1 Å². The van der Waals surface area contributed by atoms with Crippen LogP contribution in [0.5, 0.6) is 0 Å². The first-order valence-electron chi connectivity index (χ1n) is 6.84. The van der Waals surface area contributed by atoms with Crippen LogP contribution in [0.1, 0.15) is 47.5 Å². The van der Waals surface area contributed by atoms with Crippen molar-refractivity contribution in [1.29, 1.82) is 0 Å². The fourth-order valence-corrected chi connectivity index (χ4v) is 4.94. The minimum absolute atomic E-state index is 0.281. The van der Waals surface area contributed by atoms with Crippen molar-refractivity contribution in [1.82, 2.24) is 0 Å². The van der Waals surface area contributed by atoms with Gasteiger partial charge in [0.25, 0.3) is 0 Å². The third kappa shape index (κ3) is 5.06. The molecular formula is C13H26O5Si. The highest BCUT2D eigenvalue weighted by Crippen LogP contribution is 2.27. The molecule has 0 atom stereocenters. The van der Waals surface area contributed by atoms with E-state index in [2.05, 4.69) is 0 Å². The van der Waals surface area contributed by atoms with E-state index in [0.29, 0.717) is 31.4 Å². The van der Waals surface area contributed by atoms with Crippen LogP contribution in [0.3, 0.4) is 0 Å². The van der Waals surface area contributed by atoms with Crippen LogP contribution in [-0.4, -0.2) is 39.7 Å². The minimum atomic E-state index is -3.07. The zero-order valence-corrected chi connectivity index (χ0v) is 13.6. The van der Waals surface area contributed by atoms with Gasteiger partial charge in [0, 0.05) is 30.6 Å². The molecule has 0 bridgehead atoms. The Hall–Kier alpha value is -0.693. The molecule has 0 spiro atoms. The quantitative estimate of drug-likeness (QED) is 0.495. The average Bonchev–Trinajstić information content (AvgIpc) is 2.35. The topological polar surface area (TPSA) is 65.0 Å². The maximum atomic E-state index is 11.3. The van der Waals surface area contributed by atoms with E-state index in [1.165, 1.54) is 0 Å². The first-order valence-corrected chi connectivity index (χ1v) is 8.56. The summed E-state index contributed by atoms with van der Waals surface area (Å²) in [5, 5.41) is 9.93. The van der Waals surface area contributed by atoms with Gasteiger partial charge >= 0.3 is 14.8 Å². The monoisotopic (exact) mass is 290 g/mol. The van der Waals surface area contributed by atoms with Crippen LogP contribution in [0.4, 0.5) is 0 Å².